The Labute approximate surface area is 220 Å². The van der Waals surface area contributed by atoms with Crippen LogP contribution >= 0.6 is 22.7 Å². The lowest BCUT2D eigenvalue weighted by Crippen LogP contribution is -2.40. The van der Waals surface area contributed by atoms with Crippen LogP contribution in [-0.4, -0.2) is 11.8 Å². The first kappa shape index (κ1) is 20.3. The summed E-state index contributed by atoms with van der Waals surface area (Å²) in [5.41, 5.74) is 4.42. The van der Waals surface area contributed by atoms with Gasteiger partial charge < -0.3 is 0 Å². The van der Waals surface area contributed by atoms with Gasteiger partial charge in [0.2, 0.25) is 11.8 Å². The zero-order valence-electron chi connectivity index (χ0n) is 19.5. The lowest BCUT2D eigenvalue weighted by atomic mass is 9.57. The fourth-order valence-electron chi connectivity index (χ4n) is 7.19. The van der Waals surface area contributed by atoms with Crippen LogP contribution in [0, 0.1) is 11.8 Å². The van der Waals surface area contributed by atoms with Crippen LogP contribution in [-0.2, 0) is 9.59 Å². The molecule has 3 aliphatic carbocycles. The number of anilines is 1. The molecule has 0 spiro atoms. The van der Waals surface area contributed by atoms with Gasteiger partial charge in [-0.15, -0.1) is 22.7 Å². The molecule has 1 saturated heterocycles. The van der Waals surface area contributed by atoms with Gasteiger partial charge in [0.25, 0.3) is 0 Å². The molecule has 1 fully saturated rings. The average molecular weight is 514 g/mol. The molecule has 0 N–H and O–H groups in total. The van der Waals surface area contributed by atoms with Crippen LogP contribution in [0.15, 0.2) is 91.0 Å². The van der Waals surface area contributed by atoms with E-state index in [2.05, 4.69) is 60.7 Å². The van der Waals surface area contributed by atoms with Crippen LogP contribution < -0.4 is 4.90 Å². The molecule has 37 heavy (non-hydrogen) atoms. The fraction of sp³-hybridized carbons (Fsp3) is 0.125. The first-order valence-electron chi connectivity index (χ1n) is 12.6. The lowest BCUT2D eigenvalue weighted by Gasteiger charge is -2.44. The number of thiophene rings is 2. The smallest absolute Gasteiger partial charge is 0.238 e. The Morgan fingerprint density at radius 3 is 2.00 bits per heavy atom. The van der Waals surface area contributed by atoms with Gasteiger partial charge in [-0.1, -0.05) is 66.7 Å². The lowest BCUT2D eigenvalue weighted by molar-refractivity contribution is -0.122. The van der Waals surface area contributed by atoms with Gasteiger partial charge in [0.1, 0.15) is 0 Å². The zero-order valence-corrected chi connectivity index (χ0v) is 21.2. The minimum atomic E-state index is -0.359. The van der Waals surface area contributed by atoms with Crippen molar-refractivity contribution in [2.24, 2.45) is 11.8 Å². The van der Waals surface area contributed by atoms with Crippen molar-refractivity contribution in [3.63, 3.8) is 0 Å². The van der Waals surface area contributed by atoms with E-state index in [4.69, 9.17) is 0 Å². The maximum atomic E-state index is 14.1. The van der Waals surface area contributed by atoms with E-state index in [1.165, 1.54) is 56.7 Å². The Balaban J connectivity index is 1.32. The monoisotopic (exact) mass is 513 g/mol. The summed E-state index contributed by atoms with van der Waals surface area (Å²) in [5, 5.41) is 3.78. The molecule has 4 aromatic carbocycles. The van der Waals surface area contributed by atoms with Gasteiger partial charge >= 0.3 is 0 Å². The highest BCUT2D eigenvalue weighted by atomic mass is 32.1. The van der Waals surface area contributed by atoms with Crippen LogP contribution in [0.1, 0.15) is 33.4 Å². The molecule has 4 atom stereocenters. The summed E-state index contributed by atoms with van der Waals surface area (Å²) in [7, 11) is 0. The minimum Gasteiger partial charge on any atom is -0.274 e. The number of nitrogens with zero attached hydrogens (tertiary/aromatic N) is 1. The number of amides is 2. The van der Waals surface area contributed by atoms with E-state index in [0.29, 0.717) is 5.69 Å². The quantitative estimate of drug-likeness (QED) is 0.212. The van der Waals surface area contributed by atoms with Crippen LogP contribution in [0.4, 0.5) is 5.69 Å². The van der Waals surface area contributed by atoms with E-state index >= 15 is 0 Å². The fourth-order valence-corrected chi connectivity index (χ4v) is 10.2. The zero-order chi connectivity index (χ0) is 24.4. The molecule has 4 aliphatic rings. The van der Waals surface area contributed by atoms with Crippen molar-refractivity contribution in [2.45, 2.75) is 11.8 Å². The molecule has 2 aromatic heterocycles. The maximum absolute atomic E-state index is 14.1. The number of carbonyl (C=O) groups is 2. The molecule has 0 saturated carbocycles. The summed E-state index contributed by atoms with van der Waals surface area (Å²) < 4.78 is 3.89. The molecular formula is C32H19NO2S2. The van der Waals surface area contributed by atoms with E-state index in [1.807, 2.05) is 53.0 Å². The average Bonchev–Trinajstić information content (AvgIpc) is 3.56. The summed E-state index contributed by atoms with van der Waals surface area (Å²) in [6.45, 7) is 0. The SMILES string of the molecule is O=C1[C@@H]2[C@H]3c4ccccc4[C@H](c4c3sc3c4sc4cc5ccccc5cc43)[C@@H]2C(=O)N1c1ccccc1. The number of benzene rings is 4. The van der Waals surface area contributed by atoms with Crippen LogP contribution in [0.3, 0.4) is 0 Å². The normalized spacial score (nSPS) is 23.7. The molecule has 10 rings (SSSR count). The van der Waals surface area contributed by atoms with Gasteiger partial charge in [0, 0.05) is 26.8 Å². The first-order valence-corrected chi connectivity index (χ1v) is 14.2. The first-order chi connectivity index (χ1) is 18.2. The molecule has 3 nitrogen and oxygen atoms in total. The summed E-state index contributed by atoms with van der Waals surface area (Å²) in [6, 6.07) is 31.1. The molecule has 1 aliphatic heterocycles. The van der Waals surface area contributed by atoms with Gasteiger partial charge in [0.05, 0.1) is 26.9 Å². The Morgan fingerprint density at radius 1 is 0.622 bits per heavy atom. The molecule has 0 radical (unpaired) electrons. The Kier molecular flexibility index (Phi) is 3.80. The van der Waals surface area contributed by atoms with E-state index in [9.17, 15) is 9.59 Å². The number of para-hydroxylation sites is 1. The predicted molar refractivity (Wildman–Crippen MR) is 151 cm³/mol. The number of imide groups is 1. The van der Waals surface area contributed by atoms with Crippen molar-refractivity contribution in [1.82, 2.24) is 0 Å². The van der Waals surface area contributed by atoms with E-state index in [1.54, 1.807) is 0 Å². The number of hydrogen-bond acceptors (Lipinski definition) is 4. The van der Waals surface area contributed by atoms with Crippen molar-refractivity contribution in [3.05, 3.63) is 113 Å². The molecule has 0 unspecified atom stereocenters. The van der Waals surface area contributed by atoms with E-state index in [0.717, 1.165) is 0 Å². The highest BCUT2D eigenvalue weighted by molar-refractivity contribution is 7.33. The van der Waals surface area contributed by atoms with Crippen molar-refractivity contribution < 1.29 is 9.59 Å². The van der Waals surface area contributed by atoms with Crippen molar-refractivity contribution in [1.29, 1.82) is 0 Å². The van der Waals surface area contributed by atoms with Gasteiger partial charge in [-0.25, -0.2) is 4.90 Å². The Bertz CT molecular complexity index is 1970. The van der Waals surface area contributed by atoms with Crippen molar-refractivity contribution in [2.75, 3.05) is 4.90 Å². The van der Waals surface area contributed by atoms with E-state index in [-0.39, 0.29) is 35.5 Å². The third kappa shape index (κ3) is 2.42. The number of hydrogen-bond donors (Lipinski definition) is 0. The largest absolute Gasteiger partial charge is 0.274 e. The highest BCUT2D eigenvalue weighted by Crippen LogP contribution is 2.65. The van der Waals surface area contributed by atoms with Crippen LogP contribution in [0.2, 0.25) is 0 Å². The summed E-state index contributed by atoms with van der Waals surface area (Å²) in [6.07, 6.45) is 0. The van der Waals surface area contributed by atoms with E-state index < -0.39 is 0 Å². The van der Waals surface area contributed by atoms with Gasteiger partial charge in [0.15, 0.2) is 0 Å². The standard InChI is InChI=1S/C32H19NO2S2/c34-31-25-23-19-12-6-7-13-20(19)24(26(25)32(35)33(31)18-10-2-1-3-11-18)29-27(23)30-28(37-29)21-14-16-8-4-5-9-17(16)15-22(21)36-30/h1-15,23-26H/t23-,24+,25-,26+/m0/s1. The topological polar surface area (TPSA) is 37.4 Å². The number of carbonyl (C=O) groups excluding carboxylic acids is 2. The second kappa shape index (κ2) is 6.94. The Hall–Kier alpha value is -3.80. The summed E-state index contributed by atoms with van der Waals surface area (Å²) >= 11 is 3.69. The second-order valence-electron chi connectivity index (χ2n) is 10.3. The molecule has 5 heteroatoms. The molecular weight excluding hydrogens is 494 g/mol. The third-order valence-electron chi connectivity index (χ3n) is 8.62. The molecule has 3 heterocycles. The Morgan fingerprint density at radius 2 is 1.24 bits per heavy atom. The predicted octanol–water partition coefficient (Wildman–Crippen LogP) is 7.67. The van der Waals surface area contributed by atoms with Crippen LogP contribution in [0.5, 0.6) is 0 Å². The number of rotatable bonds is 1. The number of fused-ring (bicyclic) bond motifs is 4. The molecule has 176 valence electrons. The van der Waals surface area contributed by atoms with Gasteiger partial charge in [-0.2, -0.15) is 0 Å². The molecule has 6 aromatic rings. The van der Waals surface area contributed by atoms with Crippen molar-refractivity contribution >= 4 is 70.4 Å². The second-order valence-corrected chi connectivity index (χ2v) is 12.4. The van der Waals surface area contributed by atoms with Crippen LogP contribution in [0.25, 0.3) is 30.3 Å². The minimum absolute atomic E-state index is 0.0519. The van der Waals surface area contributed by atoms with Gasteiger partial charge in [-0.05, 0) is 51.7 Å². The highest BCUT2D eigenvalue weighted by Gasteiger charge is 2.63. The molecule has 2 bridgehead atoms. The molecule has 2 amide bonds. The van der Waals surface area contributed by atoms with Gasteiger partial charge in [-0.3, -0.25) is 9.59 Å². The third-order valence-corrected chi connectivity index (χ3v) is 11.3. The van der Waals surface area contributed by atoms with Crippen molar-refractivity contribution in [3.8, 4) is 0 Å². The summed E-state index contributed by atoms with van der Waals surface area (Å²) in [5.74, 6) is -0.984. The maximum Gasteiger partial charge on any atom is 0.238 e. The summed E-state index contributed by atoms with van der Waals surface area (Å²) in [4.78, 5) is 30.8.